The number of rotatable bonds is 4. The van der Waals surface area contributed by atoms with E-state index in [0.29, 0.717) is 12.8 Å². The third kappa shape index (κ3) is 2.91. The lowest BCUT2D eigenvalue weighted by Crippen LogP contribution is -2.52. The van der Waals surface area contributed by atoms with Crippen LogP contribution in [-0.4, -0.2) is 32.3 Å². The molecule has 6 heteroatoms. The number of hydrogen-bond donors (Lipinski definition) is 2. The van der Waals surface area contributed by atoms with Gasteiger partial charge in [-0.15, -0.1) is 0 Å². The number of carboxylic acid groups (broad SMARTS) is 1. The fourth-order valence-electron chi connectivity index (χ4n) is 3.19. The Morgan fingerprint density at radius 1 is 1.17 bits per heavy atom. The number of carbonyl (C=O) groups excluding carboxylic acids is 1. The second-order valence-electron chi connectivity index (χ2n) is 6.47. The minimum absolute atomic E-state index is 0.237. The lowest BCUT2D eigenvalue weighted by Gasteiger charge is -2.24. The molecule has 1 fully saturated rings. The van der Waals surface area contributed by atoms with Crippen molar-refractivity contribution in [3.8, 4) is 5.69 Å². The van der Waals surface area contributed by atoms with Gasteiger partial charge in [0.2, 0.25) is 0 Å². The van der Waals surface area contributed by atoms with Crippen molar-refractivity contribution in [2.75, 3.05) is 0 Å². The fourth-order valence-corrected chi connectivity index (χ4v) is 3.19. The van der Waals surface area contributed by atoms with E-state index in [-0.39, 0.29) is 5.69 Å². The summed E-state index contributed by atoms with van der Waals surface area (Å²) in [6.45, 7) is 3.87. The van der Waals surface area contributed by atoms with Crippen molar-refractivity contribution >= 4 is 11.9 Å². The number of carbonyl (C=O) groups is 2. The molecule has 3 rings (SSSR count). The molecule has 0 bridgehead atoms. The standard InChI is InChI=1S/C18H21N3O3/c1-12-5-7-14(8-6-12)21-13(2)11-15(20-21)16(22)19-18(17(23)24)9-3-4-10-18/h5-8,11H,3-4,9-10H2,1-2H3,(H,19,22)(H,23,24). The summed E-state index contributed by atoms with van der Waals surface area (Å²) >= 11 is 0. The first-order chi connectivity index (χ1) is 11.4. The van der Waals surface area contributed by atoms with Crippen LogP contribution in [0.5, 0.6) is 0 Å². The molecular formula is C18H21N3O3. The van der Waals surface area contributed by atoms with E-state index >= 15 is 0 Å². The third-order valence-electron chi connectivity index (χ3n) is 4.62. The minimum Gasteiger partial charge on any atom is -0.480 e. The van der Waals surface area contributed by atoms with Crippen molar-refractivity contribution in [1.82, 2.24) is 15.1 Å². The maximum atomic E-state index is 12.5. The summed E-state index contributed by atoms with van der Waals surface area (Å²) in [5.74, 6) is -1.41. The molecule has 0 saturated heterocycles. The maximum Gasteiger partial charge on any atom is 0.329 e. The molecule has 1 aromatic carbocycles. The molecule has 1 aliphatic carbocycles. The molecule has 0 unspecified atom stereocenters. The second-order valence-corrected chi connectivity index (χ2v) is 6.47. The molecule has 0 atom stereocenters. The lowest BCUT2D eigenvalue weighted by molar-refractivity contribution is -0.144. The Hall–Kier alpha value is -2.63. The van der Waals surface area contributed by atoms with Crippen molar-refractivity contribution in [3.05, 3.63) is 47.3 Å². The number of carboxylic acids is 1. The molecule has 0 spiro atoms. The molecule has 0 aliphatic heterocycles. The Balaban J connectivity index is 1.85. The van der Waals surface area contributed by atoms with Crippen LogP contribution < -0.4 is 5.32 Å². The van der Waals surface area contributed by atoms with Gasteiger partial charge in [-0.1, -0.05) is 30.5 Å². The summed E-state index contributed by atoms with van der Waals surface area (Å²) in [5.41, 5.74) is 1.91. The zero-order valence-electron chi connectivity index (χ0n) is 13.9. The highest BCUT2D eigenvalue weighted by Gasteiger charge is 2.43. The van der Waals surface area contributed by atoms with E-state index in [2.05, 4.69) is 10.4 Å². The molecule has 1 aliphatic rings. The Morgan fingerprint density at radius 2 is 1.79 bits per heavy atom. The largest absolute Gasteiger partial charge is 0.480 e. The van der Waals surface area contributed by atoms with E-state index in [0.717, 1.165) is 29.8 Å². The maximum absolute atomic E-state index is 12.5. The van der Waals surface area contributed by atoms with Crippen LogP contribution in [0.25, 0.3) is 5.69 Å². The summed E-state index contributed by atoms with van der Waals surface area (Å²) in [6.07, 6.45) is 2.55. The van der Waals surface area contributed by atoms with Crippen LogP contribution in [0.3, 0.4) is 0 Å². The normalized spacial score (nSPS) is 16.1. The third-order valence-corrected chi connectivity index (χ3v) is 4.62. The summed E-state index contributed by atoms with van der Waals surface area (Å²) < 4.78 is 1.69. The van der Waals surface area contributed by atoms with Crippen LogP contribution in [0.15, 0.2) is 30.3 Å². The molecule has 1 amide bonds. The molecule has 1 heterocycles. The predicted octanol–water partition coefficient (Wildman–Crippen LogP) is 2.62. The molecule has 2 N–H and O–H groups in total. The molecule has 1 aromatic heterocycles. The molecule has 24 heavy (non-hydrogen) atoms. The number of aryl methyl sites for hydroxylation is 2. The van der Waals surface area contributed by atoms with Crippen molar-refractivity contribution in [1.29, 1.82) is 0 Å². The molecular weight excluding hydrogens is 306 g/mol. The number of nitrogens with one attached hydrogen (secondary N) is 1. The zero-order chi connectivity index (χ0) is 17.3. The van der Waals surface area contributed by atoms with Gasteiger partial charge in [0, 0.05) is 5.69 Å². The zero-order valence-corrected chi connectivity index (χ0v) is 13.9. The first kappa shape index (κ1) is 16.2. The van der Waals surface area contributed by atoms with Crippen molar-refractivity contribution in [3.63, 3.8) is 0 Å². The van der Waals surface area contributed by atoms with E-state index in [9.17, 15) is 14.7 Å². The van der Waals surface area contributed by atoms with E-state index in [1.807, 2.05) is 38.1 Å². The molecule has 0 radical (unpaired) electrons. The van der Waals surface area contributed by atoms with E-state index < -0.39 is 17.4 Å². The Bertz CT molecular complexity index is 771. The number of hydrogen-bond acceptors (Lipinski definition) is 3. The molecule has 6 nitrogen and oxygen atoms in total. The van der Waals surface area contributed by atoms with E-state index in [4.69, 9.17) is 0 Å². The van der Waals surface area contributed by atoms with Crippen LogP contribution in [0.2, 0.25) is 0 Å². The Labute approximate surface area is 140 Å². The number of aromatic nitrogens is 2. The summed E-state index contributed by atoms with van der Waals surface area (Å²) in [7, 11) is 0. The Morgan fingerprint density at radius 3 is 2.38 bits per heavy atom. The lowest BCUT2D eigenvalue weighted by atomic mass is 9.97. The van der Waals surface area contributed by atoms with Gasteiger partial charge in [0.1, 0.15) is 5.54 Å². The van der Waals surface area contributed by atoms with Crippen LogP contribution in [0.1, 0.15) is 47.4 Å². The number of aliphatic carboxylic acids is 1. The SMILES string of the molecule is Cc1ccc(-n2nc(C(=O)NC3(C(=O)O)CCCC3)cc2C)cc1. The average molecular weight is 327 g/mol. The summed E-state index contributed by atoms with van der Waals surface area (Å²) in [6, 6.07) is 9.52. The monoisotopic (exact) mass is 327 g/mol. The van der Waals surface area contributed by atoms with Crippen LogP contribution >= 0.6 is 0 Å². The van der Waals surface area contributed by atoms with Gasteiger partial charge in [-0.2, -0.15) is 5.10 Å². The van der Waals surface area contributed by atoms with Gasteiger partial charge < -0.3 is 10.4 Å². The molecule has 126 valence electrons. The van der Waals surface area contributed by atoms with Crippen molar-refractivity contribution in [2.45, 2.75) is 45.1 Å². The minimum atomic E-state index is -1.15. The first-order valence-corrected chi connectivity index (χ1v) is 8.11. The highest BCUT2D eigenvalue weighted by molar-refractivity contribution is 5.96. The van der Waals surface area contributed by atoms with Crippen LogP contribution in [0.4, 0.5) is 0 Å². The number of amides is 1. The topological polar surface area (TPSA) is 84.2 Å². The number of benzene rings is 1. The molecule has 1 saturated carbocycles. The fraction of sp³-hybridized carbons (Fsp3) is 0.389. The quantitative estimate of drug-likeness (QED) is 0.904. The Kier molecular flexibility index (Phi) is 4.13. The van der Waals surface area contributed by atoms with Gasteiger partial charge in [0.25, 0.3) is 5.91 Å². The molecule has 2 aromatic rings. The highest BCUT2D eigenvalue weighted by Crippen LogP contribution is 2.30. The van der Waals surface area contributed by atoms with Crippen molar-refractivity contribution < 1.29 is 14.7 Å². The smallest absolute Gasteiger partial charge is 0.329 e. The summed E-state index contributed by atoms with van der Waals surface area (Å²) in [5, 5.41) is 16.5. The van der Waals surface area contributed by atoms with Gasteiger partial charge in [-0.3, -0.25) is 4.79 Å². The highest BCUT2D eigenvalue weighted by atomic mass is 16.4. The van der Waals surface area contributed by atoms with E-state index in [1.54, 1.807) is 10.7 Å². The number of nitrogens with zero attached hydrogens (tertiary/aromatic N) is 2. The van der Waals surface area contributed by atoms with Gasteiger partial charge in [0.05, 0.1) is 5.69 Å². The van der Waals surface area contributed by atoms with E-state index in [1.165, 1.54) is 0 Å². The second kappa shape index (κ2) is 6.11. The summed E-state index contributed by atoms with van der Waals surface area (Å²) in [4.78, 5) is 24.1. The van der Waals surface area contributed by atoms with Gasteiger partial charge >= 0.3 is 5.97 Å². The van der Waals surface area contributed by atoms with Gasteiger partial charge in [-0.25, -0.2) is 9.48 Å². The van der Waals surface area contributed by atoms with Crippen LogP contribution in [0, 0.1) is 13.8 Å². The van der Waals surface area contributed by atoms with Gasteiger partial charge in [-0.05, 0) is 44.9 Å². The average Bonchev–Trinajstić information content (AvgIpc) is 3.16. The van der Waals surface area contributed by atoms with Crippen LogP contribution in [-0.2, 0) is 4.79 Å². The predicted molar refractivity (Wildman–Crippen MR) is 89.3 cm³/mol. The van der Waals surface area contributed by atoms with Crippen molar-refractivity contribution in [2.24, 2.45) is 0 Å². The first-order valence-electron chi connectivity index (χ1n) is 8.11. The van der Waals surface area contributed by atoms with Gasteiger partial charge in [0.15, 0.2) is 5.69 Å².